The molecule has 0 radical (unpaired) electrons. The Balaban J connectivity index is 2.74. The highest BCUT2D eigenvalue weighted by molar-refractivity contribution is 5.26. The number of hydrogen-bond donors (Lipinski definition) is 0. The molecule has 1 nitrogen and oxygen atoms in total. The lowest BCUT2D eigenvalue weighted by Gasteiger charge is -2.22. The minimum atomic E-state index is 0.735. The van der Waals surface area contributed by atoms with Crippen molar-refractivity contribution in [2.24, 2.45) is 5.92 Å². The third-order valence-corrected chi connectivity index (χ3v) is 2.35. The molecule has 0 saturated carbocycles. The number of allylic oxidation sites excluding steroid dienone is 3. The lowest BCUT2D eigenvalue weighted by atomic mass is 9.93. The second kappa shape index (κ2) is 3.12. The first-order chi connectivity index (χ1) is 5.11. The molecule has 0 N–H and O–H groups in total. The van der Waals surface area contributed by atoms with Crippen LogP contribution in [0.15, 0.2) is 23.4 Å². The summed E-state index contributed by atoms with van der Waals surface area (Å²) in [6, 6.07) is 0. The zero-order chi connectivity index (χ0) is 8.43. The summed E-state index contributed by atoms with van der Waals surface area (Å²) in [5.41, 5.74) is 2.84. The van der Waals surface area contributed by atoms with E-state index in [-0.39, 0.29) is 0 Å². The molecule has 1 unspecified atom stereocenters. The summed E-state index contributed by atoms with van der Waals surface area (Å²) in [6.07, 6.45) is 5.77. The fourth-order valence-electron chi connectivity index (χ4n) is 1.23. The van der Waals surface area contributed by atoms with Crippen LogP contribution in [0.3, 0.4) is 0 Å². The summed E-state index contributed by atoms with van der Waals surface area (Å²) >= 11 is 0. The average molecular weight is 151 g/mol. The Morgan fingerprint density at radius 3 is 2.55 bits per heavy atom. The van der Waals surface area contributed by atoms with Gasteiger partial charge in [-0.05, 0) is 25.3 Å². The molecule has 1 heteroatoms. The molecule has 1 aliphatic carbocycles. The van der Waals surface area contributed by atoms with Crippen LogP contribution in [0.5, 0.6) is 0 Å². The first-order valence-electron chi connectivity index (χ1n) is 4.17. The second-order valence-electron chi connectivity index (χ2n) is 3.55. The Hall–Kier alpha value is -0.720. The normalized spacial score (nSPS) is 24.2. The second-order valence-corrected chi connectivity index (χ2v) is 3.55. The molecule has 0 heterocycles. The van der Waals surface area contributed by atoms with Crippen molar-refractivity contribution in [3.05, 3.63) is 23.4 Å². The predicted molar refractivity (Wildman–Crippen MR) is 49.3 cm³/mol. The van der Waals surface area contributed by atoms with E-state index >= 15 is 0 Å². The Labute approximate surface area is 69.4 Å². The quantitative estimate of drug-likeness (QED) is 0.556. The fraction of sp³-hybridized carbons (Fsp3) is 0.600. The third-order valence-electron chi connectivity index (χ3n) is 2.35. The zero-order valence-electron chi connectivity index (χ0n) is 7.89. The number of nitrogens with zero attached hydrogens (tertiary/aromatic N) is 1. The molecular formula is C10H17N. The molecule has 1 aliphatic rings. The van der Waals surface area contributed by atoms with Crippen molar-refractivity contribution in [3.8, 4) is 0 Å². The van der Waals surface area contributed by atoms with E-state index in [9.17, 15) is 0 Å². The summed E-state index contributed by atoms with van der Waals surface area (Å²) < 4.78 is 0. The Morgan fingerprint density at radius 2 is 2.09 bits per heavy atom. The van der Waals surface area contributed by atoms with E-state index in [1.54, 1.807) is 0 Å². The van der Waals surface area contributed by atoms with Gasteiger partial charge in [0.25, 0.3) is 0 Å². The standard InChI is InChI=1S/C10H17N/c1-8-5-6-10(11(3)4)7-9(8)2/h6-8H,5H2,1-4H3. The third kappa shape index (κ3) is 1.86. The van der Waals surface area contributed by atoms with Gasteiger partial charge in [-0.3, -0.25) is 0 Å². The summed E-state index contributed by atoms with van der Waals surface area (Å²) in [4.78, 5) is 2.16. The number of likely N-dealkylation sites (N-methyl/N-ethyl adjacent to an activating group) is 1. The van der Waals surface area contributed by atoms with Crippen molar-refractivity contribution in [2.45, 2.75) is 20.3 Å². The highest BCUT2D eigenvalue weighted by atomic mass is 15.1. The van der Waals surface area contributed by atoms with Crippen molar-refractivity contribution in [2.75, 3.05) is 14.1 Å². The SMILES string of the molecule is CC1=CC(N(C)C)=CCC1C. The first kappa shape index (κ1) is 8.38. The van der Waals surface area contributed by atoms with Crippen LogP contribution in [0.25, 0.3) is 0 Å². The maximum absolute atomic E-state index is 2.30. The zero-order valence-corrected chi connectivity index (χ0v) is 7.89. The topological polar surface area (TPSA) is 3.24 Å². The molecule has 0 aromatic rings. The van der Waals surface area contributed by atoms with Gasteiger partial charge >= 0.3 is 0 Å². The van der Waals surface area contributed by atoms with Gasteiger partial charge in [0.15, 0.2) is 0 Å². The molecule has 0 aromatic heterocycles. The van der Waals surface area contributed by atoms with Gasteiger partial charge < -0.3 is 4.90 Å². The Morgan fingerprint density at radius 1 is 1.45 bits per heavy atom. The summed E-state index contributed by atoms with van der Waals surface area (Å²) in [5, 5.41) is 0. The average Bonchev–Trinajstić information content (AvgIpc) is 1.94. The molecule has 0 fully saturated rings. The van der Waals surface area contributed by atoms with Gasteiger partial charge in [0.1, 0.15) is 0 Å². The van der Waals surface area contributed by atoms with Gasteiger partial charge in [-0.1, -0.05) is 18.6 Å². The highest BCUT2D eigenvalue weighted by Gasteiger charge is 2.09. The highest BCUT2D eigenvalue weighted by Crippen LogP contribution is 2.23. The molecule has 1 rings (SSSR count). The van der Waals surface area contributed by atoms with E-state index in [1.165, 1.54) is 17.7 Å². The van der Waals surface area contributed by atoms with Gasteiger partial charge in [0, 0.05) is 19.8 Å². The van der Waals surface area contributed by atoms with Gasteiger partial charge in [0.2, 0.25) is 0 Å². The van der Waals surface area contributed by atoms with Crippen molar-refractivity contribution >= 4 is 0 Å². The first-order valence-corrected chi connectivity index (χ1v) is 4.17. The van der Waals surface area contributed by atoms with Crippen molar-refractivity contribution in [1.82, 2.24) is 4.90 Å². The summed E-state index contributed by atoms with van der Waals surface area (Å²) in [7, 11) is 4.18. The molecular weight excluding hydrogens is 134 g/mol. The van der Waals surface area contributed by atoms with E-state index in [2.05, 4.69) is 45.0 Å². The van der Waals surface area contributed by atoms with E-state index in [4.69, 9.17) is 0 Å². The minimum Gasteiger partial charge on any atom is -0.378 e. The molecule has 0 spiro atoms. The monoisotopic (exact) mass is 151 g/mol. The van der Waals surface area contributed by atoms with E-state index in [0.717, 1.165) is 5.92 Å². The number of rotatable bonds is 1. The van der Waals surface area contributed by atoms with Crippen LogP contribution >= 0.6 is 0 Å². The van der Waals surface area contributed by atoms with Crippen LogP contribution in [0, 0.1) is 5.92 Å². The van der Waals surface area contributed by atoms with Crippen LogP contribution in [0.4, 0.5) is 0 Å². The Bertz CT molecular complexity index is 199. The smallest absolute Gasteiger partial charge is 0.0320 e. The van der Waals surface area contributed by atoms with E-state index < -0.39 is 0 Å². The van der Waals surface area contributed by atoms with Gasteiger partial charge in [0.05, 0.1) is 0 Å². The van der Waals surface area contributed by atoms with E-state index in [1.807, 2.05) is 0 Å². The molecule has 0 saturated heterocycles. The molecule has 62 valence electrons. The van der Waals surface area contributed by atoms with Crippen LogP contribution in [-0.2, 0) is 0 Å². The van der Waals surface area contributed by atoms with Crippen LogP contribution < -0.4 is 0 Å². The molecule has 0 aliphatic heterocycles. The lowest BCUT2D eigenvalue weighted by molar-refractivity contribution is 0.512. The summed E-state index contributed by atoms with van der Waals surface area (Å²) in [5.74, 6) is 0.735. The van der Waals surface area contributed by atoms with E-state index in [0.29, 0.717) is 0 Å². The molecule has 0 bridgehead atoms. The van der Waals surface area contributed by atoms with Crippen molar-refractivity contribution in [3.63, 3.8) is 0 Å². The van der Waals surface area contributed by atoms with Gasteiger partial charge in [-0.15, -0.1) is 0 Å². The lowest BCUT2D eigenvalue weighted by Crippen LogP contribution is -2.13. The van der Waals surface area contributed by atoms with Crippen LogP contribution in [-0.4, -0.2) is 19.0 Å². The van der Waals surface area contributed by atoms with Crippen LogP contribution in [0.2, 0.25) is 0 Å². The Kier molecular flexibility index (Phi) is 2.38. The van der Waals surface area contributed by atoms with Crippen molar-refractivity contribution in [1.29, 1.82) is 0 Å². The maximum atomic E-state index is 2.30. The van der Waals surface area contributed by atoms with Gasteiger partial charge in [-0.25, -0.2) is 0 Å². The molecule has 0 amide bonds. The van der Waals surface area contributed by atoms with Gasteiger partial charge in [-0.2, -0.15) is 0 Å². The summed E-state index contributed by atoms with van der Waals surface area (Å²) in [6.45, 7) is 4.48. The maximum Gasteiger partial charge on any atom is 0.0320 e. The minimum absolute atomic E-state index is 0.735. The number of hydrogen-bond acceptors (Lipinski definition) is 1. The van der Waals surface area contributed by atoms with Crippen molar-refractivity contribution < 1.29 is 0 Å². The molecule has 11 heavy (non-hydrogen) atoms. The largest absolute Gasteiger partial charge is 0.378 e. The predicted octanol–water partition coefficient (Wildman–Crippen LogP) is 2.42. The fourth-order valence-corrected chi connectivity index (χ4v) is 1.23. The molecule has 0 aromatic carbocycles. The van der Waals surface area contributed by atoms with Crippen LogP contribution in [0.1, 0.15) is 20.3 Å². The molecule has 1 atom stereocenters.